The summed E-state index contributed by atoms with van der Waals surface area (Å²) in [6, 6.07) is 5.28. The first-order valence-electron chi connectivity index (χ1n) is 3.99. The third-order valence-corrected chi connectivity index (χ3v) is 2.25. The van der Waals surface area contributed by atoms with E-state index in [1.54, 1.807) is 16.7 Å². The predicted octanol–water partition coefficient (Wildman–Crippen LogP) is 0.969. The molecular formula is C10H9NO. The van der Waals surface area contributed by atoms with Gasteiger partial charge in [0.2, 0.25) is 0 Å². The van der Waals surface area contributed by atoms with Gasteiger partial charge in [-0.15, -0.1) is 6.42 Å². The fraction of sp³-hybridized carbons (Fsp3) is 0.300. The Labute approximate surface area is 70.8 Å². The molecule has 1 aliphatic heterocycles. The normalized spacial score (nSPS) is 20.1. The third kappa shape index (κ3) is 0.868. The van der Waals surface area contributed by atoms with Gasteiger partial charge in [-0.2, -0.15) is 0 Å². The Morgan fingerprint density at radius 3 is 3.17 bits per heavy atom. The molecular weight excluding hydrogens is 150 g/mol. The zero-order valence-corrected chi connectivity index (χ0v) is 6.66. The number of fused-ring (bicyclic) bond motifs is 1. The molecule has 0 amide bonds. The van der Waals surface area contributed by atoms with Gasteiger partial charge in [-0.1, -0.05) is 12.0 Å². The average molecular weight is 159 g/mol. The Balaban J connectivity index is 2.65. The van der Waals surface area contributed by atoms with Gasteiger partial charge < -0.3 is 0 Å². The highest BCUT2D eigenvalue weighted by Crippen LogP contribution is 2.21. The minimum Gasteiger partial charge on any atom is -0.298 e. The van der Waals surface area contributed by atoms with E-state index in [2.05, 4.69) is 5.92 Å². The number of pyridine rings is 1. The Bertz CT molecular complexity index is 397. The largest absolute Gasteiger partial charge is 0.298 e. The fourth-order valence-corrected chi connectivity index (χ4v) is 1.67. The summed E-state index contributed by atoms with van der Waals surface area (Å²) in [7, 11) is 0. The third-order valence-electron chi connectivity index (χ3n) is 2.25. The second kappa shape index (κ2) is 2.53. The summed E-state index contributed by atoms with van der Waals surface area (Å²) in [5.41, 5.74) is 1.08. The van der Waals surface area contributed by atoms with Crippen LogP contribution >= 0.6 is 0 Å². The van der Waals surface area contributed by atoms with Crippen LogP contribution < -0.4 is 5.56 Å². The lowest BCUT2D eigenvalue weighted by Gasteiger charge is -2.06. The molecule has 2 nitrogen and oxygen atoms in total. The molecule has 12 heavy (non-hydrogen) atoms. The minimum atomic E-state index is -0.0197. The van der Waals surface area contributed by atoms with Crippen LogP contribution in [0.4, 0.5) is 0 Å². The molecule has 0 aromatic carbocycles. The van der Waals surface area contributed by atoms with Gasteiger partial charge in [-0.05, 0) is 18.9 Å². The monoisotopic (exact) mass is 159 g/mol. The van der Waals surface area contributed by atoms with Crippen LogP contribution in [0.2, 0.25) is 0 Å². The van der Waals surface area contributed by atoms with Gasteiger partial charge in [0.25, 0.3) is 5.56 Å². The molecule has 0 bridgehead atoms. The number of aromatic nitrogens is 1. The van der Waals surface area contributed by atoms with Crippen LogP contribution in [0.15, 0.2) is 23.0 Å². The van der Waals surface area contributed by atoms with E-state index >= 15 is 0 Å². The topological polar surface area (TPSA) is 22.0 Å². The van der Waals surface area contributed by atoms with Crippen molar-refractivity contribution in [1.82, 2.24) is 4.57 Å². The second-order valence-electron chi connectivity index (χ2n) is 2.95. The molecule has 1 aromatic heterocycles. The Kier molecular flexibility index (Phi) is 1.51. The van der Waals surface area contributed by atoms with Gasteiger partial charge in [-0.3, -0.25) is 9.36 Å². The van der Waals surface area contributed by atoms with Crippen molar-refractivity contribution in [2.45, 2.75) is 18.9 Å². The zero-order chi connectivity index (χ0) is 8.55. The summed E-state index contributed by atoms with van der Waals surface area (Å²) in [4.78, 5) is 11.3. The zero-order valence-electron chi connectivity index (χ0n) is 6.66. The summed E-state index contributed by atoms with van der Waals surface area (Å²) < 4.78 is 1.71. The number of hydrogen-bond acceptors (Lipinski definition) is 1. The highest BCUT2D eigenvalue weighted by Gasteiger charge is 2.19. The highest BCUT2D eigenvalue weighted by molar-refractivity contribution is 5.17. The molecule has 60 valence electrons. The van der Waals surface area contributed by atoms with Crippen molar-refractivity contribution in [2.75, 3.05) is 0 Å². The lowest BCUT2D eigenvalue weighted by Crippen LogP contribution is -2.20. The van der Waals surface area contributed by atoms with Crippen molar-refractivity contribution in [1.29, 1.82) is 0 Å². The number of rotatable bonds is 0. The maximum absolute atomic E-state index is 11.3. The van der Waals surface area contributed by atoms with E-state index < -0.39 is 0 Å². The molecule has 0 radical (unpaired) electrons. The van der Waals surface area contributed by atoms with Crippen LogP contribution in [0.1, 0.15) is 18.2 Å². The molecule has 0 saturated heterocycles. The van der Waals surface area contributed by atoms with Crippen molar-refractivity contribution in [3.8, 4) is 12.3 Å². The summed E-state index contributed by atoms with van der Waals surface area (Å²) in [6.07, 6.45) is 7.13. The van der Waals surface area contributed by atoms with Crippen molar-refractivity contribution >= 4 is 0 Å². The summed E-state index contributed by atoms with van der Waals surface area (Å²) in [5.74, 6) is 2.62. The van der Waals surface area contributed by atoms with Crippen LogP contribution in [0.25, 0.3) is 0 Å². The molecule has 0 saturated carbocycles. The molecule has 0 N–H and O–H groups in total. The molecule has 0 fully saturated rings. The van der Waals surface area contributed by atoms with Crippen LogP contribution in [-0.4, -0.2) is 4.57 Å². The maximum Gasteiger partial charge on any atom is 0.251 e. The van der Waals surface area contributed by atoms with E-state index in [1.807, 2.05) is 6.07 Å². The Morgan fingerprint density at radius 1 is 1.58 bits per heavy atom. The molecule has 1 atom stereocenters. The van der Waals surface area contributed by atoms with E-state index in [9.17, 15) is 4.79 Å². The summed E-state index contributed by atoms with van der Waals surface area (Å²) in [6.45, 7) is 0. The number of hydrogen-bond donors (Lipinski definition) is 0. The SMILES string of the molecule is C#CC1CCc2cccc(=O)n21. The minimum absolute atomic E-state index is 0.0197. The summed E-state index contributed by atoms with van der Waals surface area (Å²) in [5, 5.41) is 0. The van der Waals surface area contributed by atoms with Gasteiger partial charge in [0.15, 0.2) is 0 Å². The first kappa shape index (κ1) is 7.17. The van der Waals surface area contributed by atoms with Crippen LogP contribution in [0, 0.1) is 12.3 Å². The van der Waals surface area contributed by atoms with Crippen molar-refractivity contribution < 1.29 is 0 Å². The Morgan fingerprint density at radius 2 is 2.42 bits per heavy atom. The van der Waals surface area contributed by atoms with Gasteiger partial charge in [-0.25, -0.2) is 0 Å². The summed E-state index contributed by atoms with van der Waals surface area (Å²) >= 11 is 0. The molecule has 1 aromatic rings. The molecule has 1 aliphatic rings. The van der Waals surface area contributed by atoms with Crippen molar-refractivity contribution in [3.05, 3.63) is 34.2 Å². The lowest BCUT2D eigenvalue weighted by molar-refractivity contribution is 0.642. The first-order valence-corrected chi connectivity index (χ1v) is 3.99. The first-order chi connectivity index (χ1) is 5.83. The fourth-order valence-electron chi connectivity index (χ4n) is 1.67. The van der Waals surface area contributed by atoms with Gasteiger partial charge in [0.05, 0.1) is 6.04 Å². The molecule has 2 heteroatoms. The van der Waals surface area contributed by atoms with Crippen molar-refractivity contribution in [3.63, 3.8) is 0 Å². The van der Waals surface area contributed by atoms with E-state index in [4.69, 9.17) is 6.42 Å². The quantitative estimate of drug-likeness (QED) is 0.517. The van der Waals surface area contributed by atoms with E-state index in [0.29, 0.717) is 0 Å². The number of nitrogens with zero attached hydrogens (tertiary/aromatic N) is 1. The number of terminal acetylenes is 1. The average Bonchev–Trinajstić information content (AvgIpc) is 2.49. The maximum atomic E-state index is 11.3. The van der Waals surface area contributed by atoms with Crippen LogP contribution in [-0.2, 0) is 6.42 Å². The van der Waals surface area contributed by atoms with Gasteiger partial charge in [0.1, 0.15) is 0 Å². The number of aryl methyl sites for hydroxylation is 1. The highest BCUT2D eigenvalue weighted by atomic mass is 16.1. The smallest absolute Gasteiger partial charge is 0.251 e. The van der Waals surface area contributed by atoms with E-state index in [0.717, 1.165) is 18.5 Å². The van der Waals surface area contributed by atoms with Crippen LogP contribution in [0.3, 0.4) is 0 Å². The predicted molar refractivity (Wildman–Crippen MR) is 46.9 cm³/mol. The van der Waals surface area contributed by atoms with Crippen molar-refractivity contribution in [2.24, 2.45) is 0 Å². The lowest BCUT2D eigenvalue weighted by atomic mass is 10.2. The molecule has 2 heterocycles. The van der Waals surface area contributed by atoms with E-state index in [-0.39, 0.29) is 11.6 Å². The van der Waals surface area contributed by atoms with Crippen LogP contribution in [0.5, 0.6) is 0 Å². The van der Waals surface area contributed by atoms with Gasteiger partial charge in [0, 0.05) is 11.8 Å². The molecule has 0 spiro atoms. The molecule has 2 rings (SSSR count). The Hall–Kier alpha value is -1.49. The second-order valence-corrected chi connectivity index (χ2v) is 2.95. The standard InChI is InChI=1S/C10H9NO/c1-2-8-6-7-9-4-3-5-10(12)11(8)9/h1,3-5,8H,6-7H2. The van der Waals surface area contributed by atoms with Gasteiger partial charge >= 0.3 is 0 Å². The van der Waals surface area contributed by atoms with E-state index in [1.165, 1.54) is 0 Å². The molecule has 0 aliphatic carbocycles. The molecule has 1 unspecified atom stereocenters.